The molecule has 1 atom stereocenters. The average Bonchev–Trinajstić information content (AvgIpc) is 2.85. The van der Waals surface area contributed by atoms with Gasteiger partial charge in [-0.1, -0.05) is 0 Å². The quantitative estimate of drug-likeness (QED) is 0.800. The van der Waals surface area contributed by atoms with Gasteiger partial charge in [0.05, 0.1) is 24.1 Å². The molecule has 1 aromatic heterocycles. The summed E-state index contributed by atoms with van der Waals surface area (Å²) in [6.45, 7) is 5.49. The van der Waals surface area contributed by atoms with E-state index in [1.807, 2.05) is 6.92 Å². The molecule has 2 heterocycles. The molecule has 20 heavy (non-hydrogen) atoms. The molecule has 6 nitrogen and oxygen atoms in total. The molecule has 0 bridgehead atoms. The summed E-state index contributed by atoms with van der Waals surface area (Å²) in [5.74, 6) is 0.0571. The molecule has 1 saturated heterocycles. The second kappa shape index (κ2) is 6.09. The fraction of sp³-hybridized carbons (Fsp3) is 0.571. The van der Waals surface area contributed by atoms with Gasteiger partial charge in [-0.05, 0) is 32.8 Å². The van der Waals surface area contributed by atoms with Crippen LogP contribution in [0.3, 0.4) is 0 Å². The van der Waals surface area contributed by atoms with Gasteiger partial charge in [0, 0.05) is 13.2 Å². The Hall–Kier alpha value is -1.82. The lowest BCUT2D eigenvalue weighted by atomic mass is 10.0. The van der Waals surface area contributed by atoms with Gasteiger partial charge in [0.1, 0.15) is 11.4 Å². The highest BCUT2D eigenvalue weighted by Crippen LogP contribution is 2.26. The van der Waals surface area contributed by atoms with Crippen molar-refractivity contribution in [2.75, 3.05) is 30.8 Å². The molecule has 0 aromatic carbocycles. The smallest absolute Gasteiger partial charge is 0.341 e. The van der Waals surface area contributed by atoms with Gasteiger partial charge in [0.2, 0.25) is 0 Å². The number of hydrogen-bond acceptors (Lipinski definition) is 6. The van der Waals surface area contributed by atoms with Crippen molar-refractivity contribution in [2.24, 2.45) is 0 Å². The van der Waals surface area contributed by atoms with Crippen LogP contribution in [-0.2, 0) is 9.47 Å². The maximum Gasteiger partial charge on any atom is 0.341 e. The van der Waals surface area contributed by atoms with Crippen LogP contribution in [0.5, 0.6) is 0 Å². The Bertz CT molecular complexity index is 485. The minimum absolute atomic E-state index is 0.213. The Morgan fingerprint density at radius 2 is 2.45 bits per heavy atom. The molecule has 0 spiro atoms. The highest BCUT2D eigenvalue weighted by Gasteiger charge is 2.30. The molecule has 0 amide bonds. The summed E-state index contributed by atoms with van der Waals surface area (Å²) in [4.78, 5) is 16.1. The molecule has 0 saturated carbocycles. The molecule has 2 rings (SSSR count). The van der Waals surface area contributed by atoms with Gasteiger partial charge >= 0.3 is 5.97 Å². The first-order chi connectivity index (χ1) is 9.54. The number of nitrogens with one attached hydrogen (secondary N) is 1. The lowest BCUT2D eigenvalue weighted by Crippen LogP contribution is -2.33. The third kappa shape index (κ3) is 3.39. The zero-order valence-corrected chi connectivity index (χ0v) is 11.9. The third-order valence-electron chi connectivity index (χ3n) is 3.33. The van der Waals surface area contributed by atoms with Crippen LogP contribution in [0.4, 0.5) is 11.5 Å². The van der Waals surface area contributed by atoms with E-state index in [1.54, 1.807) is 13.0 Å². The second-order valence-corrected chi connectivity index (χ2v) is 5.14. The van der Waals surface area contributed by atoms with E-state index in [0.29, 0.717) is 30.2 Å². The number of rotatable bonds is 5. The number of nitrogen functional groups attached to an aromatic ring is 1. The average molecular weight is 279 g/mol. The Kier molecular flexibility index (Phi) is 4.44. The molecule has 1 aliphatic heterocycles. The van der Waals surface area contributed by atoms with Crippen molar-refractivity contribution in [2.45, 2.75) is 32.3 Å². The third-order valence-corrected chi connectivity index (χ3v) is 3.33. The van der Waals surface area contributed by atoms with Crippen LogP contribution < -0.4 is 11.1 Å². The summed E-state index contributed by atoms with van der Waals surface area (Å²) in [5, 5.41) is 3.17. The largest absolute Gasteiger partial charge is 0.462 e. The lowest BCUT2D eigenvalue weighted by molar-refractivity contribution is 0.0313. The highest BCUT2D eigenvalue weighted by atomic mass is 16.5. The van der Waals surface area contributed by atoms with Gasteiger partial charge < -0.3 is 20.5 Å². The van der Waals surface area contributed by atoms with Crippen molar-refractivity contribution < 1.29 is 14.3 Å². The Morgan fingerprint density at radius 3 is 3.10 bits per heavy atom. The van der Waals surface area contributed by atoms with Crippen LogP contribution >= 0.6 is 0 Å². The standard InChI is InChI=1S/C14H21N3O3/c1-3-19-13(18)11-7-10(15)8-16-12(11)17-9-14(2)5-4-6-20-14/h7-8H,3-6,9,15H2,1-2H3,(H,16,17). The minimum Gasteiger partial charge on any atom is -0.462 e. The molecule has 1 fully saturated rings. The fourth-order valence-electron chi connectivity index (χ4n) is 2.23. The first-order valence-corrected chi connectivity index (χ1v) is 6.84. The van der Waals surface area contributed by atoms with Crippen LogP contribution in [0.15, 0.2) is 12.3 Å². The number of pyridine rings is 1. The minimum atomic E-state index is -0.424. The van der Waals surface area contributed by atoms with Crippen molar-refractivity contribution in [1.29, 1.82) is 0 Å². The molecule has 6 heteroatoms. The highest BCUT2D eigenvalue weighted by molar-refractivity contribution is 5.95. The summed E-state index contributed by atoms with van der Waals surface area (Å²) >= 11 is 0. The number of aromatic nitrogens is 1. The predicted octanol–water partition coefficient (Wildman–Crippen LogP) is 1.82. The van der Waals surface area contributed by atoms with Crippen LogP contribution in [0, 0.1) is 0 Å². The van der Waals surface area contributed by atoms with Crippen molar-refractivity contribution in [1.82, 2.24) is 4.98 Å². The van der Waals surface area contributed by atoms with E-state index in [2.05, 4.69) is 10.3 Å². The van der Waals surface area contributed by atoms with Crippen molar-refractivity contribution in [3.8, 4) is 0 Å². The van der Waals surface area contributed by atoms with Gasteiger partial charge in [-0.15, -0.1) is 0 Å². The van der Waals surface area contributed by atoms with Crippen LogP contribution in [0.1, 0.15) is 37.0 Å². The zero-order chi connectivity index (χ0) is 14.6. The molecule has 0 aliphatic carbocycles. The van der Waals surface area contributed by atoms with Gasteiger partial charge in [0.25, 0.3) is 0 Å². The Labute approximate surface area is 118 Å². The first-order valence-electron chi connectivity index (χ1n) is 6.84. The fourth-order valence-corrected chi connectivity index (χ4v) is 2.23. The summed E-state index contributed by atoms with van der Waals surface area (Å²) in [6, 6.07) is 1.57. The van der Waals surface area contributed by atoms with Gasteiger partial charge in [0.15, 0.2) is 0 Å². The number of esters is 1. The van der Waals surface area contributed by atoms with Crippen LogP contribution in [0.25, 0.3) is 0 Å². The molecule has 1 unspecified atom stereocenters. The molecule has 3 N–H and O–H groups in total. The molecule has 1 aliphatic rings. The van der Waals surface area contributed by atoms with E-state index in [0.717, 1.165) is 19.4 Å². The number of nitrogens with zero attached hydrogens (tertiary/aromatic N) is 1. The molecular formula is C14H21N3O3. The Morgan fingerprint density at radius 1 is 1.65 bits per heavy atom. The second-order valence-electron chi connectivity index (χ2n) is 5.14. The number of hydrogen-bond donors (Lipinski definition) is 2. The van der Waals surface area contributed by atoms with E-state index in [1.165, 1.54) is 6.20 Å². The predicted molar refractivity (Wildman–Crippen MR) is 76.7 cm³/mol. The van der Waals surface area contributed by atoms with Gasteiger partial charge in [-0.2, -0.15) is 0 Å². The molecular weight excluding hydrogens is 258 g/mol. The van der Waals surface area contributed by atoms with E-state index in [9.17, 15) is 4.79 Å². The van der Waals surface area contributed by atoms with Crippen molar-refractivity contribution >= 4 is 17.5 Å². The summed E-state index contributed by atoms with van der Waals surface area (Å²) in [6.07, 6.45) is 3.56. The van der Waals surface area contributed by atoms with E-state index in [-0.39, 0.29) is 5.60 Å². The number of anilines is 2. The first kappa shape index (κ1) is 14.6. The summed E-state index contributed by atoms with van der Waals surface area (Å²) in [5.41, 5.74) is 6.26. The van der Waals surface area contributed by atoms with Gasteiger partial charge in [-0.3, -0.25) is 0 Å². The Balaban J connectivity index is 2.12. The molecule has 110 valence electrons. The van der Waals surface area contributed by atoms with E-state index < -0.39 is 5.97 Å². The maximum atomic E-state index is 11.9. The normalized spacial score (nSPS) is 21.7. The summed E-state index contributed by atoms with van der Waals surface area (Å²) < 4.78 is 10.7. The maximum absolute atomic E-state index is 11.9. The molecule has 1 aromatic rings. The number of carbonyl (C=O) groups excluding carboxylic acids is 1. The van der Waals surface area contributed by atoms with Crippen molar-refractivity contribution in [3.05, 3.63) is 17.8 Å². The van der Waals surface area contributed by atoms with E-state index >= 15 is 0 Å². The lowest BCUT2D eigenvalue weighted by Gasteiger charge is -2.24. The van der Waals surface area contributed by atoms with E-state index in [4.69, 9.17) is 15.2 Å². The van der Waals surface area contributed by atoms with Crippen LogP contribution in [0.2, 0.25) is 0 Å². The number of nitrogens with two attached hydrogens (primary N) is 1. The number of ether oxygens (including phenoxy) is 2. The summed E-state index contributed by atoms with van der Waals surface area (Å²) in [7, 11) is 0. The van der Waals surface area contributed by atoms with Crippen LogP contribution in [-0.4, -0.2) is 36.3 Å². The number of carbonyl (C=O) groups is 1. The molecule has 0 radical (unpaired) electrons. The SMILES string of the molecule is CCOC(=O)c1cc(N)cnc1NCC1(C)CCCO1. The monoisotopic (exact) mass is 279 g/mol. The van der Waals surface area contributed by atoms with Crippen molar-refractivity contribution in [3.63, 3.8) is 0 Å². The van der Waals surface area contributed by atoms with Gasteiger partial charge in [-0.25, -0.2) is 9.78 Å². The topological polar surface area (TPSA) is 86.5 Å². The zero-order valence-electron chi connectivity index (χ0n) is 11.9.